The van der Waals surface area contributed by atoms with Gasteiger partial charge < -0.3 is 9.80 Å². The molecule has 4 aromatic rings. The third-order valence-electron chi connectivity index (χ3n) is 6.23. The molecule has 1 aliphatic rings. The van der Waals surface area contributed by atoms with Crippen LogP contribution < -0.4 is 4.90 Å². The van der Waals surface area contributed by atoms with Crippen LogP contribution in [-0.2, 0) is 4.79 Å². The van der Waals surface area contributed by atoms with Crippen LogP contribution in [0.3, 0.4) is 0 Å². The zero-order valence-corrected chi connectivity index (χ0v) is 19.5. The number of anilines is 1. The van der Waals surface area contributed by atoms with Crippen LogP contribution in [0, 0.1) is 0 Å². The van der Waals surface area contributed by atoms with Gasteiger partial charge in [0.05, 0.1) is 16.6 Å². The van der Waals surface area contributed by atoms with E-state index in [0.29, 0.717) is 31.2 Å². The van der Waals surface area contributed by atoms with Crippen LogP contribution in [0.4, 0.5) is 5.82 Å². The summed E-state index contributed by atoms with van der Waals surface area (Å²) in [7, 11) is 0. The molecule has 6 heteroatoms. The number of hydrogen-bond donors (Lipinski definition) is 0. The predicted molar refractivity (Wildman–Crippen MR) is 136 cm³/mol. The molecule has 1 amide bonds. The Hall–Kier alpha value is -3.70. The lowest BCUT2D eigenvalue weighted by molar-refractivity contribution is -0.132. The van der Waals surface area contributed by atoms with Crippen molar-refractivity contribution in [1.82, 2.24) is 15.1 Å². The number of nitrogens with zero attached hydrogens (tertiary/aromatic N) is 4. The third kappa shape index (κ3) is 4.66. The molecule has 1 saturated heterocycles. The molecule has 2 heterocycles. The van der Waals surface area contributed by atoms with E-state index in [2.05, 4.69) is 15.1 Å². The Morgan fingerprint density at radius 2 is 1.29 bits per heavy atom. The SMILES string of the molecule is O=C(C(c1ccccc1)c1ccccc1)N1CCN(c2ccc(-c3ccccc3Cl)nn2)CC1. The van der Waals surface area contributed by atoms with Gasteiger partial charge in [-0.15, -0.1) is 10.2 Å². The zero-order valence-electron chi connectivity index (χ0n) is 18.7. The van der Waals surface area contributed by atoms with Gasteiger partial charge in [0, 0.05) is 31.7 Å². The third-order valence-corrected chi connectivity index (χ3v) is 6.56. The number of piperazine rings is 1. The number of amides is 1. The summed E-state index contributed by atoms with van der Waals surface area (Å²) >= 11 is 6.29. The van der Waals surface area contributed by atoms with Crippen LogP contribution in [0.25, 0.3) is 11.3 Å². The first-order valence-corrected chi connectivity index (χ1v) is 11.8. The minimum absolute atomic E-state index is 0.136. The van der Waals surface area contributed by atoms with Crippen LogP contribution in [0.1, 0.15) is 17.0 Å². The van der Waals surface area contributed by atoms with E-state index in [1.54, 1.807) is 0 Å². The molecule has 0 atom stereocenters. The molecule has 170 valence electrons. The van der Waals surface area contributed by atoms with Gasteiger partial charge in [0.1, 0.15) is 0 Å². The summed E-state index contributed by atoms with van der Waals surface area (Å²) in [6, 6.07) is 31.6. The van der Waals surface area contributed by atoms with Crippen LogP contribution in [0.15, 0.2) is 97.1 Å². The number of halogens is 1. The van der Waals surface area contributed by atoms with Gasteiger partial charge in [-0.3, -0.25) is 4.79 Å². The van der Waals surface area contributed by atoms with Gasteiger partial charge in [-0.05, 0) is 29.3 Å². The molecule has 0 bridgehead atoms. The Bertz CT molecular complexity index is 1200. The van der Waals surface area contributed by atoms with Crippen molar-refractivity contribution in [2.24, 2.45) is 0 Å². The molecule has 5 nitrogen and oxygen atoms in total. The Labute approximate surface area is 204 Å². The van der Waals surface area contributed by atoms with Crippen LogP contribution in [0.2, 0.25) is 5.02 Å². The van der Waals surface area contributed by atoms with E-state index in [1.807, 2.05) is 102 Å². The molecule has 0 spiro atoms. The summed E-state index contributed by atoms with van der Waals surface area (Å²) in [5.41, 5.74) is 3.65. The highest BCUT2D eigenvalue weighted by Crippen LogP contribution is 2.29. The van der Waals surface area contributed by atoms with E-state index in [-0.39, 0.29) is 11.8 Å². The fraction of sp³-hybridized carbons (Fsp3) is 0.179. The Balaban J connectivity index is 1.29. The first kappa shape index (κ1) is 22.1. The van der Waals surface area contributed by atoms with E-state index < -0.39 is 0 Å². The average Bonchev–Trinajstić information content (AvgIpc) is 2.91. The van der Waals surface area contributed by atoms with Crippen molar-refractivity contribution in [3.8, 4) is 11.3 Å². The lowest BCUT2D eigenvalue weighted by atomic mass is 9.90. The lowest BCUT2D eigenvalue weighted by Gasteiger charge is -2.37. The number of aromatic nitrogens is 2. The number of rotatable bonds is 5. The summed E-state index contributed by atoms with van der Waals surface area (Å²) in [6.07, 6.45) is 0. The molecular weight excluding hydrogens is 444 g/mol. The maximum Gasteiger partial charge on any atom is 0.234 e. The largest absolute Gasteiger partial charge is 0.352 e. The van der Waals surface area contributed by atoms with Gasteiger partial charge in [-0.25, -0.2) is 0 Å². The van der Waals surface area contributed by atoms with Crippen molar-refractivity contribution in [2.75, 3.05) is 31.1 Å². The summed E-state index contributed by atoms with van der Waals surface area (Å²) < 4.78 is 0. The number of carbonyl (C=O) groups excluding carboxylic acids is 1. The second-order valence-corrected chi connectivity index (χ2v) is 8.73. The zero-order chi connectivity index (χ0) is 23.3. The summed E-state index contributed by atoms with van der Waals surface area (Å²) in [4.78, 5) is 17.8. The van der Waals surface area contributed by atoms with E-state index in [1.165, 1.54) is 0 Å². The predicted octanol–water partition coefficient (Wildman–Crippen LogP) is 5.28. The van der Waals surface area contributed by atoms with Gasteiger partial charge in [0.25, 0.3) is 0 Å². The summed E-state index contributed by atoms with van der Waals surface area (Å²) in [6.45, 7) is 2.70. The van der Waals surface area contributed by atoms with E-state index in [0.717, 1.165) is 28.2 Å². The van der Waals surface area contributed by atoms with Crippen molar-refractivity contribution < 1.29 is 4.79 Å². The van der Waals surface area contributed by atoms with Gasteiger partial charge in [0.2, 0.25) is 5.91 Å². The Morgan fingerprint density at radius 1 is 0.706 bits per heavy atom. The molecule has 1 aromatic heterocycles. The smallest absolute Gasteiger partial charge is 0.234 e. The minimum atomic E-state index is -0.302. The van der Waals surface area contributed by atoms with Crippen LogP contribution in [-0.4, -0.2) is 47.2 Å². The number of benzene rings is 3. The highest BCUT2D eigenvalue weighted by molar-refractivity contribution is 6.33. The molecule has 0 aliphatic carbocycles. The first-order valence-electron chi connectivity index (χ1n) is 11.4. The second kappa shape index (κ2) is 10.1. The maximum atomic E-state index is 13.6. The minimum Gasteiger partial charge on any atom is -0.352 e. The van der Waals surface area contributed by atoms with Crippen LogP contribution >= 0.6 is 11.6 Å². The molecular formula is C28H25ClN4O. The van der Waals surface area contributed by atoms with Crippen LogP contribution in [0.5, 0.6) is 0 Å². The lowest BCUT2D eigenvalue weighted by Crippen LogP contribution is -2.50. The van der Waals surface area contributed by atoms with Gasteiger partial charge in [-0.1, -0.05) is 90.5 Å². The topological polar surface area (TPSA) is 49.3 Å². The number of hydrogen-bond acceptors (Lipinski definition) is 4. The van der Waals surface area contributed by atoms with Crippen molar-refractivity contribution in [1.29, 1.82) is 0 Å². The fourth-order valence-corrected chi connectivity index (χ4v) is 4.65. The maximum absolute atomic E-state index is 13.6. The first-order chi connectivity index (χ1) is 16.7. The highest BCUT2D eigenvalue weighted by atomic mass is 35.5. The quantitative estimate of drug-likeness (QED) is 0.400. The molecule has 1 aliphatic heterocycles. The van der Waals surface area contributed by atoms with Gasteiger partial charge in [0.15, 0.2) is 5.82 Å². The highest BCUT2D eigenvalue weighted by Gasteiger charge is 2.30. The monoisotopic (exact) mass is 468 g/mol. The Morgan fingerprint density at radius 3 is 1.85 bits per heavy atom. The Kier molecular flexibility index (Phi) is 6.54. The molecule has 34 heavy (non-hydrogen) atoms. The fourth-order valence-electron chi connectivity index (χ4n) is 4.41. The number of carbonyl (C=O) groups is 1. The standard InChI is InChI=1S/C28H25ClN4O/c29-24-14-8-7-13-23(24)25-15-16-26(31-30-25)32-17-19-33(20-18-32)28(34)27(21-9-3-1-4-10-21)22-11-5-2-6-12-22/h1-16,27H,17-20H2. The van der Waals surface area contributed by atoms with Gasteiger partial charge >= 0.3 is 0 Å². The van der Waals surface area contributed by atoms with E-state index in [4.69, 9.17) is 11.6 Å². The molecule has 3 aromatic carbocycles. The van der Waals surface area contributed by atoms with E-state index in [9.17, 15) is 4.79 Å². The van der Waals surface area contributed by atoms with Gasteiger partial charge in [-0.2, -0.15) is 0 Å². The average molecular weight is 469 g/mol. The molecule has 5 rings (SSSR count). The molecule has 0 radical (unpaired) electrons. The van der Waals surface area contributed by atoms with Crippen molar-refractivity contribution >= 4 is 23.3 Å². The van der Waals surface area contributed by atoms with E-state index >= 15 is 0 Å². The van der Waals surface area contributed by atoms with Crippen molar-refractivity contribution in [3.05, 3.63) is 113 Å². The van der Waals surface area contributed by atoms with Crippen molar-refractivity contribution in [2.45, 2.75) is 5.92 Å². The molecule has 0 unspecified atom stereocenters. The summed E-state index contributed by atoms with van der Waals surface area (Å²) in [5.74, 6) is 0.645. The molecule has 0 N–H and O–H groups in total. The second-order valence-electron chi connectivity index (χ2n) is 8.32. The molecule has 1 fully saturated rings. The summed E-state index contributed by atoms with van der Waals surface area (Å²) in [5, 5.41) is 9.48. The molecule has 0 saturated carbocycles. The van der Waals surface area contributed by atoms with Crippen molar-refractivity contribution in [3.63, 3.8) is 0 Å². The normalized spacial score (nSPS) is 13.8.